The topological polar surface area (TPSA) is 86.9 Å². The molecule has 0 spiro atoms. The lowest BCUT2D eigenvalue weighted by molar-refractivity contribution is 0.100. The molecule has 0 bridgehead atoms. The Labute approximate surface area is 176 Å². The third kappa shape index (κ3) is 4.52. The van der Waals surface area contributed by atoms with Gasteiger partial charge in [0.15, 0.2) is 11.0 Å². The summed E-state index contributed by atoms with van der Waals surface area (Å²) < 4.78 is 7.54. The monoisotopic (exact) mass is 424 g/mol. The zero-order valence-corrected chi connectivity index (χ0v) is 16.9. The Morgan fingerprint density at radius 1 is 1.07 bits per heavy atom. The van der Waals surface area contributed by atoms with Crippen molar-refractivity contribution in [2.24, 2.45) is 5.73 Å². The van der Waals surface area contributed by atoms with Crippen LogP contribution in [-0.2, 0) is 12.3 Å². The van der Waals surface area contributed by atoms with E-state index < -0.39 is 5.91 Å². The Balaban J connectivity index is 1.60. The van der Waals surface area contributed by atoms with Gasteiger partial charge in [-0.2, -0.15) is 0 Å². The van der Waals surface area contributed by atoms with Crippen LogP contribution in [0.25, 0.3) is 11.4 Å². The first-order valence-electron chi connectivity index (χ1n) is 8.83. The molecule has 1 amide bonds. The Morgan fingerprint density at radius 2 is 1.83 bits per heavy atom. The van der Waals surface area contributed by atoms with Crippen LogP contribution in [0.3, 0.4) is 0 Å². The van der Waals surface area contributed by atoms with Crippen LogP contribution in [0.5, 0.6) is 0 Å². The molecule has 146 valence electrons. The number of hydrogen-bond donors (Lipinski definition) is 1. The SMILES string of the molecule is NC(=O)c1ccc(CSc2nnc(-c3ccc(Cl)cc3)n2Cc2ccco2)cc1. The van der Waals surface area contributed by atoms with Crippen LogP contribution in [-0.4, -0.2) is 20.7 Å². The highest BCUT2D eigenvalue weighted by molar-refractivity contribution is 7.98. The summed E-state index contributed by atoms with van der Waals surface area (Å²) in [4.78, 5) is 11.2. The maximum absolute atomic E-state index is 11.2. The highest BCUT2D eigenvalue weighted by Gasteiger charge is 2.16. The molecule has 0 saturated carbocycles. The van der Waals surface area contributed by atoms with Crippen LogP contribution >= 0.6 is 23.4 Å². The first-order valence-corrected chi connectivity index (χ1v) is 10.2. The summed E-state index contributed by atoms with van der Waals surface area (Å²) in [5, 5.41) is 10.2. The molecule has 4 rings (SSSR count). The second kappa shape index (κ2) is 8.55. The molecule has 8 heteroatoms. The van der Waals surface area contributed by atoms with E-state index in [0.29, 0.717) is 22.9 Å². The number of halogens is 1. The van der Waals surface area contributed by atoms with Gasteiger partial charge in [-0.05, 0) is 54.1 Å². The third-order valence-electron chi connectivity index (χ3n) is 4.32. The van der Waals surface area contributed by atoms with Gasteiger partial charge >= 0.3 is 0 Å². The number of primary amides is 1. The summed E-state index contributed by atoms with van der Waals surface area (Å²) >= 11 is 7.58. The smallest absolute Gasteiger partial charge is 0.248 e. The minimum Gasteiger partial charge on any atom is -0.467 e. The largest absolute Gasteiger partial charge is 0.467 e. The van der Waals surface area contributed by atoms with Crippen molar-refractivity contribution in [2.45, 2.75) is 17.5 Å². The number of amides is 1. The molecule has 0 atom stereocenters. The zero-order chi connectivity index (χ0) is 20.2. The molecule has 4 aromatic rings. The average Bonchev–Trinajstić information content (AvgIpc) is 3.38. The maximum atomic E-state index is 11.2. The lowest BCUT2D eigenvalue weighted by atomic mass is 10.1. The molecule has 2 heterocycles. The first kappa shape index (κ1) is 19.3. The molecular formula is C21H17ClN4O2S. The van der Waals surface area contributed by atoms with Gasteiger partial charge in [0.1, 0.15) is 5.76 Å². The molecule has 0 aliphatic carbocycles. The normalized spacial score (nSPS) is 10.9. The Hall–Kier alpha value is -3.03. The van der Waals surface area contributed by atoms with E-state index in [2.05, 4.69) is 10.2 Å². The van der Waals surface area contributed by atoms with E-state index in [1.54, 1.807) is 30.2 Å². The van der Waals surface area contributed by atoms with E-state index in [0.717, 1.165) is 27.9 Å². The molecule has 0 radical (unpaired) electrons. The van der Waals surface area contributed by atoms with Crippen LogP contribution in [0.4, 0.5) is 0 Å². The van der Waals surface area contributed by atoms with Crippen LogP contribution in [0.1, 0.15) is 21.7 Å². The van der Waals surface area contributed by atoms with Crippen molar-refractivity contribution >= 4 is 29.3 Å². The van der Waals surface area contributed by atoms with Gasteiger partial charge in [0, 0.05) is 21.9 Å². The number of nitrogens with two attached hydrogens (primary N) is 1. The van der Waals surface area contributed by atoms with Gasteiger partial charge < -0.3 is 10.2 Å². The van der Waals surface area contributed by atoms with E-state index in [4.69, 9.17) is 21.8 Å². The molecule has 29 heavy (non-hydrogen) atoms. The van der Waals surface area contributed by atoms with Gasteiger partial charge in [-0.3, -0.25) is 9.36 Å². The predicted molar refractivity (Wildman–Crippen MR) is 113 cm³/mol. The number of rotatable bonds is 7. The van der Waals surface area contributed by atoms with Crippen molar-refractivity contribution in [2.75, 3.05) is 0 Å². The number of hydrogen-bond acceptors (Lipinski definition) is 5. The minimum atomic E-state index is -0.435. The summed E-state index contributed by atoms with van der Waals surface area (Å²) in [6, 6.07) is 18.5. The zero-order valence-electron chi connectivity index (χ0n) is 15.3. The lowest BCUT2D eigenvalue weighted by Gasteiger charge is -2.09. The summed E-state index contributed by atoms with van der Waals surface area (Å²) in [5.74, 6) is 1.79. The van der Waals surface area contributed by atoms with Crippen molar-refractivity contribution in [3.8, 4) is 11.4 Å². The van der Waals surface area contributed by atoms with E-state index in [1.165, 1.54) is 0 Å². The van der Waals surface area contributed by atoms with Crippen molar-refractivity contribution in [1.29, 1.82) is 0 Å². The maximum Gasteiger partial charge on any atom is 0.248 e. The molecule has 0 aliphatic rings. The van der Waals surface area contributed by atoms with E-state index >= 15 is 0 Å². The summed E-state index contributed by atoms with van der Waals surface area (Å²) in [6.07, 6.45) is 1.65. The minimum absolute atomic E-state index is 0.435. The average molecular weight is 425 g/mol. The van der Waals surface area contributed by atoms with Gasteiger partial charge in [0.2, 0.25) is 5.91 Å². The number of furan rings is 1. The highest BCUT2D eigenvalue weighted by atomic mass is 35.5. The fourth-order valence-corrected chi connectivity index (χ4v) is 3.84. The van der Waals surface area contributed by atoms with Crippen LogP contribution in [0, 0.1) is 0 Å². The number of carbonyl (C=O) groups excluding carboxylic acids is 1. The highest BCUT2D eigenvalue weighted by Crippen LogP contribution is 2.28. The van der Waals surface area contributed by atoms with Gasteiger partial charge in [-0.1, -0.05) is 35.5 Å². The Morgan fingerprint density at radius 3 is 2.48 bits per heavy atom. The van der Waals surface area contributed by atoms with E-state index in [-0.39, 0.29) is 0 Å². The lowest BCUT2D eigenvalue weighted by Crippen LogP contribution is -2.10. The molecule has 2 aromatic carbocycles. The standard InChI is InChI=1S/C21H17ClN4O2S/c22-17-9-7-16(8-10-17)20-24-25-21(26(20)12-18-2-1-11-28-18)29-13-14-3-5-15(6-4-14)19(23)27/h1-11H,12-13H2,(H2,23,27). The van der Waals surface area contributed by atoms with Gasteiger partial charge in [-0.25, -0.2) is 0 Å². The summed E-state index contributed by atoms with van der Waals surface area (Å²) in [7, 11) is 0. The van der Waals surface area contributed by atoms with Gasteiger partial charge in [0.25, 0.3) is 0 Å². The van der Waals surface area contributed by atoms with Crippen molar-refractivity contribution in [3.63, 3.8) is 0 Å². The Bertz CT molecular complexity index is 1110. The van der Waals surface area contributed by atoms with E-state index in [9.17, 15) is 4.79 Å². The molecule has 6 nitrogen and oxygen atoms in total. The molecular weight excluding hydrogens is 408 g/mol. The van der Waals surface area contributed by atoms with Crippen molar-refractivity contribution in [3.05, 3.63) is 88.8 Å². The number of thioether (sulfide) groups is 1. The van der Waals surface area contributed by atoms with Gasteiger partial charge in [-0.15, -0.1) is 10.2 Å². The number of nitrogens with zero attached hydrogens (tertiary/aromatic N) is 3. The molecule has 2 aromatic heterocycles. The number of benzene rings is 2. The molecule has 0 unspecified atom stereocenters. The van der Waals surface area contributed by atoms with Crippen molar-refractivity contribution in [1.82, 2.24) is 14.8 Å². The fourth-order valence-electron chi connectivity index (χ4n) is 2.82. The Kier molecular flexibility index (Phi) is 5.69. The summed E-state index contributed by atoms with van der Waals surface area (Å²) in [5.41, 5.74) is 7.77. The van der Waals surface area contributed by atoms with Crippen molar-refractivity contribution < 1.29 is 9.21 Å². The molecule has 0 fully saturated rings. The number of carbonyl (C=O) groups is 1. The molecule has 0 aliphatic heterocycles. The second-order valence-corrected chi connectivity index (χ2v) is 7.71. The molecule has 2 N–H and O–H groups in total. The van der Waals surface area contributed by atoms with Crippen LogP contribution < -0.4 is 5.73 Å². The van der Waals surface area contributed by atoms with Crippen LogP contribution in [0.2, 0.25) is 5.02 Å². The molecule has 0 saturated heterocycles. The fraction of sp³-hybridized carbons (Fsp3) is 0.0952. The summed E-state index contributed by atoms with van der Waals surface area (Å²) in [6.45, 7) is 0.515. The van der Waals surface area contributed by atoms with E-state index in [1.807, 2.05) is 53.1 Å². The number of aromatic nitrogens is 3. The quantitative estimate of drug-likeness (QED) is 0.437. The van der Waals surface area contributed by atoms with Gasteiger partial charge in [0.05, 0.1) is 12.8 Å². The second-order valence-electron chi connectivity index (χ2n) is 6.33. The van der Waals surface area contributed by atoms with Crippen LogP contribution in [0.15, 0.2) is 76.5 Å². The first-order chi connectivity index (χ1) is 14.1. The third-order valence-corrected chi connectivity index (χ3v) is 5.61. The predicted octanol–water partition coefficient (Wildman–Crippen LogP) is 4.63.